The van der Waals surface area contributed by atoms with Crippen LogP contribution in [0.2, 0.25) is 10.0 Å². The van der Waals surface area contributed by atoms with Crippen molar-refractivity contribution < 1.29 is 19.5 Å². The Kier molecular flexibility index (Phi) is 7.44. The van der Waals surface area contributed by atoms with Gasteiger partial charge < -0.3 is 26.0 Å². The molecule has 1 unspecified atom stereocenters. The van der Waals surface area contributed by atoms with Crippen LogP contribution in [0.25, 0.3) is 0 Å². The zero-order valence-corrected chi connectivity index (χ0v) is 15.5. The third-order valence-corrected chi connectivity index (χ3v) is 4.17. The third kappa shape index (κ3) is 6.80. The van der Waals surface area contributed by atoms with E-state index in [2.05, 4.69) is 25.9 Å². The maximum atomic E-state index is 11.9. The second kappa shape index (κ2) is 9.79. The molecule has 2 rings (SSSR count). The molecule has 144 valence electrons. The van der Waals surface area contributed by atoms with Crippen molar-refractivity contribution in [3.05, 3.63) is 46.5 Å². The number of H-pyrrole nitrogens is 1. The van der Waals surface area contributed by atoms with Gasteiger partial charge in [-0.3, -0.25) is 4.79 Å². The lowest BCUT2D eigenvalue weighted by molar-refractivity contribution is -0.141. The van der Waals surface area contributed by atoms with Crippen LogP contribution in [0.15, 0.2) is 30.7 Å². The number of benzene rings is 1. The van der Waals surface area contributed by atoms with Crippen LogP contribution in [0.5, 0.6) is 0 Å². The van der Waals surface area contributed by atoms with Gasteiger partial charge in [0.05, 0.1) is 16.4 Å². The number of nitrogens with zero attached hydrogens (tertiary/aromatic N) is 1. The van der Waals surface area contributed by atoms with Gasteiger partial charge in [0, 0.05) is 37.0 Å². The number of nitrogens with one attached hydrogen (secondary N) is 4. The third-order valence-electron chi connectivity index (χ3n) is 3.43. The monoisotopic (exact) mass is 413 g/mol. The number of aliphatic carboxylic acids is 1. The van der Waals surface area contributed by atoms with Crippen molar-refractivity contribution >= 4 is 46.8 Å². The highest BCUT2D eigenvalue weighted by Gasteiger charge is 2.20. The highest BCUT2D eigenvalue weighted by Crippen LogP contribution is 2.24. The first-order valence-electron chi connectivity index (χ1n) is 7.84. The van der Waals surface area contributed by atoms with Gasteiger partial charge in [-0.1, -0.05) is 23.2 Å². The molecule has 1 aromatic carbocycles. The normalized spacial score (nSPS) is 11.5. The van der Waals surface area contributed by atoms with E-state index >= 15 is 0 Å². The summed E-state index contributed by atoms with van der Waals surface area (Å²) >= 11 is 11.6. The largest absolute Gasteiger partial charge is 0.480 e. The number of aromatic amines is 1. The minimum absolute atomic E-state index is 0.0232. The Morgan fingerprint density at radius 1 is 1.22 bits per heavy atom. The summed E-state index contributed by atoms with van der Waals surface area (Å²) in [5, 5.41) is 17.3. The molecule has 2 aromatic rings. The number of carbonyl (C=O) groups is 3. The van der Waals surface area contributed by atoms with E-state index in [4.69, 9.17) is 23.2 Å². The van der Waals surface area contributed by atoms with Crippen molar-refractivity contribution in [1.82, 2.24) is 20.6 Å². The van der Waals surface area contributed by atoms with Gasteiger partial charge in [0.1, 0.15) is 6.04 Å². The molecule has 5 N–H and O–H groups in total. The number of carboxylic acid groups (broad SMARTS) is 1. The van der Waals surface area contributed by atoms with Crippen LogP contribution >= 0.6 is 23.2 Å². The van der Waals surface area contributed by atoms with E-state index in [9.17, 15) is 19.5 Å². The first kappa shape index (κ1) is 20.5. The molecule has 1 heterocycles. The lowest BCUT2D eigenvalue weighted by Gasteiger charge is -2.14. The molecular weight excluding hydrogens is 397 g/mol. The molecule has 1 aromatic heterocycles. The standard InChI is InChI=1S/C16H17Cl2N5O4/c17-11-2-1-9(5-12(11)18)22-16(27)20-4-3-14(24)23-13(15(25)26)6-10-7-19-8-21-10/h1-2,5,7-8,13H,3-4,6H2,(H,19,21)(H,23,24)(H,25,26)(H2,20,22,27). The van der Waals surface area contributed by atoms with Crippen LogP contribution in [0, 0.1) is 0 Å². The second-order valence-electron chi connectivity index (χ2n) is 5.50. The van der Waals surface area contributed by atoms with Crippen LogP contribution in [-0.2, 0) is 16.0 Å². The number of halogens is 2. The Hall–Kier alpha value is -2.78. The lowest BCUT2D eigenvalue weighted by Crippen LogP contribution is -2.43. The summed E-state index contributed by atoms with van der Waals surface area (Å²) in [6, 6.07) is 2.98. The van der Waals surface area contributed by atoms with Crippen molar-refractivity contribution in [2.75, 3.05) is 11.9 Å². The van der Waals surface area contributed by atoms with Crippen LogP contribution < -0.4 is 16.0 Å². The Morgan fingerprint density at radius 2 is 2.00 bits per heavy atom. The first-order valence-corrected chi connectivity index (χ1v) is 8.60. The number of hydrogen-bond donors (Lipinski definition) is 5. The minimum atomic E-state index is -1.16. The number of aromatic nitrogens is 2. The van der Waals surface area contributed by atoms with E-state index in [1.807, 2.05) is 0 Å². The van der Waals surface area contributed by atoms with Gasteiger partial charge in [0.15, 0.2) is 0 Å². The van der Waals surface area contributed by atoms with E-state index in [0.29, 0.717) is 21.4 Å². The molecular formula is C16H17Cl2N5O4. The zero-order valence-electron chi connectivity index (χ0n) is 14.0. The molecule has 0 saturated carbocycles. The Balaban J connectivity index is 1.74. The average molecular weight is 414 g/mol. The van der Waals surface area contributed by atoms with Crippen LogP contribution in [0.3, 0.4) is 0 Å². The molecule has 11 heteroatoms. The number of carbonyl (C=O) groups excluding carboxylic acids is 2. The fraction of sp³-hybridized carbons (Fsp3) is 0.250. The van der Waals surface area contributed by atoms with Gasteiger partial charge in [0.25, 0.3) is 0 Å². The SMILES string of the molecule is O=C(CCNC(=O)Nc1ccc(Cl)c(Cl)c1)NC(Cc1cnc[nH]1)C(=O)O. The molecule has 0 bridgehead atoms. The summed E-state index contributed by atoms with van der Waals surface area (Å²) in [6.07, 6.45) is 2.90. The first-order chi connectivity index (χ1) is 12.8. The van der Waals surface area contributed by atoms with E-state index in [1.54, 1.807) is 12.1 Å². The van der Waals surface area contributed by atoms with Gasteiger partial charge >= 0.3 is 12.0 Å². The number of hydrogen-bond acceptors (Lipinski definition) is 4. The van der Waals surface area contributed by atoms with Gasteiger partial charge in [-0.25, -0.2) is 14.6 Å². The number of carboxylic acids is 1. The molecule has 0 spiro atoms. The van der Waals surface area contributed by atoms with Crippen molar-refractivity contribution in [3.8, 4) is 0 Å². The van der Waals surface area contributed by atoms with E-state index in [0.717, 1.165) is 0 Å². The summed E-state index contributed by atoms with van der Waals surface area (Å²) in [5.74, 6) is -1.67. The predicted octanol–water partition coefficient (Wildman–Crippen LogP) is 2.04. The fourth-order valence-corrected chi connectivity index (χ4v) is 2.42. The summed E-state index contributed by atoms with van der Waals surface area (Å²) in [6.45, 7) is 0.0232. The average Bonchev–Trinajstić information content (AvgIpc) is 3.10. The number of imidazole rings is 1. The number of amides is 3. The van der Waals surface area contributed by atoms with E-state index < -0.39 is 23.9 Å². The quantitative estimate of drug-likeness (QED) is 0.450. The van der Waals surface area contributed by atoms with Crippen molar-refractivity contribution in [1.29, 1.82) is 0 Å². The smallest absolute Gasteiger partial charge is 0.326 e. The van der Waals surface area contributed by atoms with Crippen LogP contribution in [0.1, 0.15) is 12.1 Å². The van der Waals surface area contributed by atoms with Crippen molar-refractivity contribution in [2.24, 2.45) is 0 Å². The molecule has 0 saturated heterocycles. The number of urea groups is 1. The molecule has 9 nitrogen and oxygen atoms in total. The van der Waals surface area contributed by atoms with Gasteiger partial charge in [-0.2, -0.15) is 0 Å². The Bertz CT molecular complexity index is 813. The predicted molar refractivity (Wildman–Crippen MR) is 100.0 cm³/mol. The minimum Gasteiger partial charge on any atom is -0.480 e. The van der Waals surface area contributed by atoms with Gasteiger partial charge in [-0.15, -0.1) is 0 Å². The molecule has 0 aliphatic rings. The summed E-state index contributed by atoms with van der Waals surface area (Å²) in [5.41, 5.74) is 1.03. The lowest BCUT2D eigenvalue weighted by atomic mass is 10.1. The maximum Gasteiger partial charge on any atom is 0.326 e. The molecule has 0 radical (unpaired) electrons. The van der Waals surface area contributed by atoms with Gasteiger partial charge in [0.2, 0.25) is 5.91 Å². The van der Waals surface area contributed by atoms with E-state index in [1.165, 1.54) is 18.6 Å². The second-order valence-corrected chi connectivity index (χ2v) is 6.31. The van der Waals surface area contributed by atoms with Crippen LogP contribution in [-0.4, -0.2) is 45.6 Å². The summed E-state index contributed by atoms with van der Waals surface area (Å²) < 4.78 is 0. The highest BCUT2D eigenvalue weighted by atomic mass is 35.5. The molecule has 0 aliphatic carbocycles. The molecule has 27 heavy (non-hydrogen) atoms. The Morgan fingerprint density at radius 3 is 2.63 bits per heavy atom. The van der Waals surface area contributed by atoms with E-state index in [-0.39, 0.29) is 19.4 Å². The number of rotatable bonds is 8. The molecule has 0 fully saturated rings. The molecule has 1 atom stereocenters. The molecule has 3 amide bonds. The molecule has 0 aliphatic heterocycles. The van der Waals surface area contributed by atoms with Crippen molar-refractivity contribution in [3.63, 3.8) is 0 Å². The van der Waals surface area contributed by atoms with Gasteiger partial charge in [-0.05, 0) is 18.2 Å². The summed E-state index contributed by atoms with van der Waals surface area (Å²) in [4.78, 5) is 41.5. The Labute approximate surface area is 164 Å². The van der Waals surface area contributed by atoms with Crippen LogP contribution in [0.4, 0.5) is 10.5 Å². The zero-order chi connectivity index (χ0) is 19.8. The highest BCUT2D eigenvalue weighted by molar-refractivity contribution is 6.42. The van der Waals surface area contributed by atoms with Crippen molar-refractivity contribution in [2.45, 2.75) is 18.9 Å². The maximum absolute atomic E-state index is 11.9. The fourth-order valence-electron chi connectivity index (χ4n) is 2.12. The summed E-state index contributed by atoms with van der Waals surface area (Å²) in [7, 11) is 0. The topological polar surface area (TPSA) is 136 Å². The number of anilines is 1.